The number of fused-ring (bicyclic) bond motifs is 1. The summed E-state index contributed by atoms with van der Waals surface area (Å²) >= 11 is 0. The highest BCUT2D eigenvalue weighted by Crippen LogP contribution is 2.07. The Kier molecular flexibility index (Phi) is 2.21. The molecule has 1 N–H and O–H groups in total. The van der Waals surface area contributed by atoms with E-state index >= 15 is 0 Å². The van der Waals surface area contributed by atoms with E-state index in [2.05, 4.69) is 5.10 Å². The Morgan fingerprint density at radius 1 is 1.40 bits per heavy atom. The second kappa shape index (κ2) is 3.53. The van der Waals surface area contributed by atoms with Crippen molar-refractivity contribution in [1.29, 1.82) is 0 Å². The minimum atomic E-state index is -0.990. The number of aromatic nitrogens is 2. The van der Waals surface area contributed by atoms with Crippen LogP contribution in [0.1, 0.15) is 0 Å². The molecular weight excluding hydrogens is 196 g/mol. The van der Waals surface area contributed by atoms with Gasteiger partial charge in [-0.3, -0.25) is 14.3 Å². The molecule has 5 nitrogen and oxygen atoms in total. The van der Waals surface area contributed by atoms with Gasteiger partial charge in [-0.25, -0.2) is 0 Å². The van der Waals surface area contributed by atoms with Gasteiger partial charge in [-0.2, -0.15) is 5.10 Å². The van der Waals surface area contributed by atoms with Crippen LogP contribution >= 0.6 is 0 Å². The summed E-state index contributed by atoms with van der Waals surface area (Å²) in [5, 5.41) is 12.9. The maximum absolute atomic E-state index is 11.4. The van der Waals surface area contributed by atoms with Crippen molar-refractivity contribution in [1.82, 2.24) is 9.78 Å². The predicted molar refractivity (Wildman–Crippen MR) is 53.6 cm³/mol. The van der Waals surface area contributed by atoms with E-state index in [0.717, 1.165) is 6.20 Å². The van der Waals surface area contributed by atoms with E-state index in [1.807, 2.05) is 0 Å². The van der Waals surface area contributed by atoms with E-state index in [1.54, 1.807) is 24.3 Å². The first-order chi connectivity index (χ1) is 7.18. The van der Waals surface area contributed by atoms with Gasteiger partial charge in [-0.05, 0) is 12.1 Å². The highest BCUT2D eigenvalue weighted by molar-refractivity contribution is 5.79. The largest absolute Gasteiger partial charge is 0.480 e. The van der Waals surface area contributed by atoms with Crippen LogP contribution in [-0.2, 0) is 11.3 Å². The average Bonchev–Trinajstić information content (AvgIpc) is 2.22. The van der Waals surface area contributed by atoms with Crippen molar-refractivity contribution < 1.29 is 9.90 Å². The standard InChI is InChI=1S/C10H8N2O3/c13-9-5-11-12(6-10(14)15)8-4-2-1-3-7(8)9/h1-5H,6H2,(H,14,15). The molecule has 1 aromatic heterocycles. The molecule has 2 aromatic rings. The first kappa shape index (κ1) is 9.39. The lowest BCUT2D eigenvalue weighted by Crippen LogP contribution is -2.16. The van der Waals surface area contributed by atoms with Gasteiger partial charge in [-0.15, -0.1) is 0 Å². The summed E-state index contributed by atoms with van der Waals surface area (Å²) in [6.07, 6.45) is 1.13. The summed E-state index contributed by atoms with van der Waals surface area (Å²) in [7, 11) is 0. The summed E-state index contributed by atoms with van der Waals surface area (Å²) < 4.78 is 1.29. The zero-order chi connectivity index (χ0) is 10.8. The highest BCUT2D eigenvalue weighted by atomic mass is 16.4. The molecule has 0 unspecified atom stereocenters. The number of carbonyl (C=O) groups is 1. The van der Waals surface area contributed by atoms with Gasteiger partial charge in [0.2, 0.25) is 5.43 Å². The van der Waals surface area contributed by atoms with E-state index in [0.29, 0.717) is 10.9 Å². The molecule has 15 heavy (non-hydrogen) atoms. The number of hydrogen-bond acceptors (Lipinski definition) is 3. The molecule has 0 spiro atoms. The highest BCUT2D eigenvalue weighted by Gasteiger charge is 2.05. The van der Waals surface area contributed by atoms with Crippen LogP contribution < -0.4 is 5.43 Å². The third-order valence-corrected chi connectivity index (χ3v) is 2.05. The summed E-state index contributed by atoms with van der Waals surface area (Å²) in [6.45, 7) is -0.249. The molecule has 2 rings (SSSR count). The van der Waals surface area contributed by atoms with Gasteiger partial charge in [0.1, 0.15) is 6.54 Å². The van der Waals surface area contributed by atoms with Crippen LogP contribution in [-0.4, -0.2) is 20.9 Å². The number of para-hydroxylation sites is 1. The van der Waals surface area contributed by atoms with Crippen molar-refractivity contribution in [3.8, 4) is 0 Å². The normalized spacial score (nSPS) is 10.4. The lowest BCUT2D eigenvalue weighted by molar-refractivity contribution is -0.137. The maximum Gasteiger partial charge on any atom is 0.325 e. The number of hydrogen-bond donors (Lipinski definition) is 1. The molecule has 0 radical (unpaired) electrons. The van der Waals surface area contributed by atoms with Gasteiger partial charge in [-0.1, -0.05) is 12.1 Å². The first-order valence-corrected chi connectivity index (χ1v) is 4.35. The number of carboxylic acid groups (broad SMARTS) is 1. The topological polar surface area (TPSA) is 72.2 Å². The number of nitrogens with zero attached hydrogens (tertiary/aromatic N) is 2. The van der Waals surface area contributed by atoms with Crippen LogP contribution in [0, 0.1) is 0 Å². The molecule has 0 amide bonds. The third kappa shape index (κ3) is 1.71. The lowest BCUT2D eigenvalue weighted by atomic mass is 10.2. The van der Waals surface area contributed by atoms with Crippen molar-refractivity contribution in [2.75, 3.05) is 0 Å². The van der Waals surface area contributed by atoms with Crippen LogP contribution in [0.3, 0.4) is 0 Å². The van der Waals surface area contributed by atoms with Crippen molar-refractivity contribution in [2.45, 2.75) is 6.54 Å². The molecule has 5 heteroatoms. The van der Waals surface area contributed by atoms with E-state index in [4.69, 9.17) is 5.11 Å². The van der Waals surface area contributed by atoms with Gasteiger partial charge < -0.3 is 5.11 Å². The van der Waals surface area contributed by atoms with Crippen LogP contribution in [0.5, 0.6) is 0 Å². The minimum Gasteiger partial charge on any atom is -0.480 e. The smallest absolute Gasteiger partial charge is 0.325 e. The van der Waals surface area contributed by atoms with E-state index in [9.17, 15) is 9.59 Å². The summed E-state index contributed by atoms with van der Waals surface area (Å²) in [5.74, 6) is -0.990. The monoisotopic (exact) mass is 204 g/mol. The number of carboxylic acids is 1. The van der Waals surface area contributed by atoms with Gasteiger partial charge >= 0.3 is 5.97 Å². The fourth-order valence-corrected chi connectivity index (χ4v) is 1.42. The maximum atomic E-state index is 11.4. The first-order valence-electron chi connectivity index (χ1n) is 4.35. The Hall–Kier alpha value is -2.17. The molecule has 1 heterocycles. The van der Waals surface area contributed by atoms with Gasteiger partial charge in [0.15, 0.2) is 0 Å². The molecule has 0 atom stereocenters. The van der Waals surface area contributed by atoms with Crippen molar-refractivity contribution in [2.24, 2.45) is 0 Å². The lowest BCUT2D eigenvalue weighted by Gasteiger charge is -2.05. The molecule has 0 aliphatic rings. The summed E-state index contributed by atoms with van der Waals surface area (Å²) in [6, 6.07) is 6.79. The quantitative estimate of drug-likeness (QED) is 0.772. The Bertz CT molecular complexity index is 574. The molecule has 0 saturated heterocycles. The number of rotatable bonds is 2. The van der Waals surface area contributed by atoms with Crippen LogP contribution in [0.2, 0.25) is 0 Å². The molecule has 0 fully saturated rings. The summed E-state index contributed by atoms with van der Waals surface area (Å²) in [4.78, 5) is 22.0. The molecule has 0 bridgehead atoms. The van der Waals surface area contributed by atoms with Crippen LogP contribution in [0.4, 0.5) is 0 Å². The van der Waals surface area contributed by atoms with Crippen molar-refractivity contribution in [3.05, 3.63) is 40.7 Å². The zero-order valence-electron chi connectivity index (χ0n) is 7.75. The number of benzene rings is 1. The van der Waals surface area contributed by atoms with Gasteiger partial charge in [0, 0.05) is 5.39 Å². The Morgan fingerprint density at radius 3 is 2.87 bits per heavy atom. The molecule has 0 aliphatic heterocycles. The van der Waals surface area contributed by atoms with Gasteiger partial charge in [0.25, 0.3) is 0 Å². The fraction of sp³-hybridized carbons (Fsp3) is 0.100. The van der Waals surface area contributed by atoms with Crippen molar-refractivity contribution >= 4 is 16.9 Å². The molecule has 1 aromatic carbocycles. The third-order valence-electron chi connectivity index (χ3n) is 2.05. The van der Waals surface area contributed by atoms with E-state index < -0.39 is 5.97 Å². The SMILES string of the molecule is O=C(O)Cn1ncc(=O)c2ccccc21. The second-order valence-electron chi connectivity index (χ2n) is 3.08. The Balaban J connectivity index is 2.71. The number of aliphatic carboxylic acids is 1. The van der Waals surface area contributed by atoms with Crippen LogP contribution in [0.25, 0.3) is 10.9 Å². The Morgan fingerprint density at radius 2 is 2.13 bits per heavy atom. The molecular formula is C10H8N2O3. The predicted octanol–water partition coefficient (Wildman–Crippen LogP) is 0.481. The Labute approximate surface area is 84.6 Å². The second-order valence-corrected chi connectivity index (χ2v) is 3.08. The minimum absolute atomic E-state index is 0.202. The van der Waals surface area contributed by atoms with E-state index in [-0.39, 0.29) is 12.0 Å². The molecule has 0 aliphatic carbocycles. The average molecular weight is 204 g/mol. The fourth-order valence-electron chi connectivity index (χ4n) is 1.42. The molecule has 0 saturated carbocycles. The summed E-state index contributed by atoms with van der Waals surface area (Å²) in [5.41, 5.74) is 0.333. The van der Waals surface area contributed by atoms with Gasteiger partial charge in [0.05, 0.1) is 11.7 Å². The van der Waals surface area contributed by atoms with E-state index in [1.165, 1.54) is 4.68 Å². The molecule has 76 valence electrons. The van der Waals surface area contributed by atoms with Crippen molar-refractivity contribution in [3.63, 3.8) is 0 Å². The zero-order valence-corrected chi connectivity index (χ0v) is 7.75. The van der Waals surface area contributed by atoms with Crippen LogP contribution in [0.15, 0.2) is 35.3 Å².